The van der Waals surface area contributed by atoms with Crippen LogP contribution in [0.5, 0.6) is 0 Å². The van der Waals surface area contributed by atoms with E-state index >= 15 is 0 Å². The van der Waals surface area contributed by atoms with Crippen LogP contribution in [0.4, 0.5) is 0 Å². The van der Waals surface area contributed by atoms with Gasteiger partial charge < -0.3 is 10.4 Å². The third-order valence-corrected chi connectivity index (χ3v) is 3.73. The molecule has 1 saturated carbocycles. The fraction of sp³-hybridized carbons (Fsp3) is 0.533. The van der Waals surface area contributed by atoms with Gasteiger partial charge in [-0.1, -0.05) is 43.2 Å². The van der Waals surface area contributed by atoms with Gasteiger partial charge in [0.15, 0.2) is 0 Å². The van der Waals surface area contributed by atoms with Gasteiger partial charge in [0.25, 0.3) is 0 Å². The zero-order valence-electron chi connectivity index (χ0n) is 10.9. The van der Waals surface area contributed by atoms with Gasteiger partial charge >= 0.3 is 0 Å². The van der Waals surface area contributed by atoms with Crippen molar-refractivity contribution in [1.29, 1.82) is 0 Å². The highest BCUT2D eigenvalue weighted by Crippen LogP contribution is 2.25. The fourth-order valence-corrected chi connectivity index (χ4v) is 2.49. The van der Waals surface area contributed by atoms with Gasteiger partial charge in [0, 0.05) is 5.92 Å². The molecule has 18 heavy (non-hydrogen) atoms. The number of hydrogen-bond acceptors (Lipinski definition) is 2. The van der Waals surface area contributed by atoms with Crippen molar-refractivity contribution in [1.82, 2.24) is 5.32 Å². The minimum absolute atomic E-state index is 0.0868. The van der Waals surface area contributed by atoms with Crippen molar-refractivity contribution in [2.75, 3.05) is 6.54 Å². The Labute approximate surface area is 108 Å². The number of nitrogens with one attached hydrogen (secondary N) is 1. The van der Waals surface area contributed by atoms with E-state index in [1.54, 1.807) is 6.92 Å². The van der Waals surface area contributed by atoms with E-state index in [9.17, 15) is 9.90 Å². The molecule has 1 aromatic carbocycles. The van der Waals surface area contributed by atoms with E-state index in [-0.39, 0.29) is 18.4 Å². The standard InChI is InChI=1S/C15H21NO2/c1-15(18,13-9-3-2-4-10-13)11-16-14(17)12-7-5-6-8-12/h2-4,9-10,12,18H,5-8,11H2,1H3,(H,16,17)/t15-/m0/s1. The maximum Gasteiger partial charge on any atom is 0.223 e. The molecule has 1 atom stereocenters. The van der Waals surface area contributed by atoms with Crippen LogP contribution in [-0.4, -0.2) is 17.6 Å². The van der Waals surface area contributed by atoms with Gasteiger partial charge in [-0.25, -0.2) is 0 Å². The maximum atomic E-state index is 11.9. The zero-order valence-corrected chi connectivity index (χ0v) is 10.9. The number of amides is 1. The largest absolute Gasteiger partial charge is 0.384 e. The second-order valence-corrected chi connectivity index (χ2v) is 5.34. The molecule has 0 saturated heterocycles. The van der Waals surface area contributed by atoms with E-state index in [1.165, 1.54) is 0 Å². The third-order valence-electron chi connectivity index (χ3n) is 3.73. The number of carbonyl (C=O) groups excluding carboxylic acids is 1. The molecule has 3 nitrogen and oxygen atoms in total. The molecule has 1 aromatic rings. The Morgan fingerprint density at radius 2 is 1.94 bits per heavy atom. The first-order valence-electron chi connectivity index (χ1n) is 6.65. The van der Waals surface area contributed by atoms with E-state index in [0.717, 1.165) is 31.2 Å². The first kappa shape index (κ1) is 13.1. The van der Waals surface area contributed by atoms with Crippen molar-refractivity contribution in [2.45, 2.75) is 38.2 Å². The molecule has 1 aliphatic carbocycles. The lowest BCUT2D eigenvalue weighted by Crippen LogP contribution is -2.40. The Bertz CT molecular complexity index is 394. The van der Waals surface area contributed by atoms with Crippen molar-refractivity contribution in [2.24, 2.45) is 5.92 Å². The highest BCUT2D eigenvalue weighted by Gasteiger charge is 2.27. The molecule has 0 unspecified atom stereocenters. The average molecular weight is 247 g/mol. The first-order valence-corrected chi connectivity index (χ1v) is 6.65. The minimum atomic E-state index is -1.00. The van der Waals surface area contributed by atoms with Gasteiger partial charge in [-0.2, -0.15) is 0 Å². The van der Waals surface area contributed by atoms with Crippen molar-refractivity contribution in [3.63, 3.8) is 0 Å². The molecular weight excluding hydrogens is 226 g/mol. The first-order chi connectivity index (χ1) is 8.59. The van der Waals surface area contributed by atoms with Gasteiger partial charge in [-0.05, 0) is 25.3 Å². The summed E-state index contributed by atoms with van der Waals surface area (Å²) >= 11 is 0. The molecule has 1 amide bonds. The molecule has 3 heteroatoms. The molecule has 2 N–H and O–H groups in total. The van der Waals surface area contributed by atoms with Crippen LogP contribution in [0.3, 0.4) is 0 Å². The lowest BCUT2D eigenvalue weighted by atomic mass is 9.95. The van der Waals surface area contributed by atoms with Crippen molar-refractivity contribution < 1.29 is 9.90 Å². The monoisotopic (exact) mass is 247 g/mol. The summed E-state index contributed by atoms with van der Waals surface area (Å²) < 4.78 is 0. The summed E-state index contributed by atoms with van der Waals surface area (Å²) in [6.45, 7) is 2.00. The lowest BCUT2D eigenvalue weighted by Gasteiger charge is -2.25. The summed E-state index contributed by atoms with van der Waals surface area (Å²) in [6, 6.07) is 9.45. The van der Waals surface area contributed by atoms with Crippen LogP contribution in [-0.2, 0) is 10.4 Å². The number of carbonyl (C=O) groups is 1. The number of rotatable bonds is 4. The van der Waals surface area contributed by atoms with Crippen LogP contribution >= 0.6 is 0 Å². The Kier molecular flexibility index (Phi) is 4.02. The van der Waals surface area contributed by atoms with Crippen LogP contribution < -0.4 is 5.32 Å². The van der Waals surface area contributed by atoms with Crippen LogP contribution in [0, 0.1) is 5.92 Å². The predicted octanol–water partition coefficient (Wildman–Crippen LogP) is 2.20. The van der Waals surface area contributed by atoms with Gasteiger partial charge in [-0.15, -0.1) is 0 Å². The van der Waals surface area contributed by atoms with E-state index in [2.05, 4.69) is 5.32 Å². The van der Waals surface area contributed by atoms with Gasteiger partial charge in [0.05, 0.1) is 6.54 Å². The summed E-state index contributed by atoms with van der Waals surface area (Å²) in [5.74, 6) is 0.236. The number of hydrogen-bond donors (Lipinski definition) is 2. The van der Waals surface area contributed by atoms with Gasteiger partial charge in [0.1, 0.15) is 5.60 Å². The Morgan fingerprint density at radius 1 is 1.33 bits per heavy atom. The average Bonchev–Trinajstić information content (AvgIpc) is 2.91. The summed E-state index contributed by atoms with van der Waals surface area (Å²) in [5, 5.41) is 13.2. The number of aliphatic hydroxyl groups is 1. The molecule has 0 spiro atoms. The second-order valence-electron chi connectivity index (χ2n) is 5.34. The number of benzene rings is 1. The Morgan fingerprint density at radius 3 is 2.56 bits per heavy atom. The minimum Gasteiger partial charge on any atom is -0.384 e. The Balaban J connectivity index is 1.90. The van der Waals surface area contributed by atoms with Crippen molar-refractivity contribution in [3.05, 3.63) is 35.9 Å². The topological polar surface area (TPSA) is 49.3 Å². The summed E-state index contributed by atoms with van der Waals surface area (Å²) in [4.78, 5) is 11.9. The van der Waals surface area contributed by atoms with Crippen molar-refractivity contribution in [3.8, 4) is 0 Å². The molecular formula is C15H21NO2. The molecule has 98 valence electrons. The molecule has 1 fully saturated rings. The van der Waals surface area contributed by atoms with Crippen LogP contribution in [0.2, 0.25) is 0 Å². The van der Waals surface area contributed by atoms with E-state index in [1.807, 2.05) is 30.3 Å². The summed E-state index contributed by atoms with van der Waals surface area (Å²) in [6.07, 6.45) is 4.26. The summed E-state index contributed by atoms with van der Waals surface area (Å²) in [5.41, 5.74) is -0.174. The molecule has 1 aliphatic rings. The fourth-order valence-electron chi connectivity index (χ4n) is 2.49. The van der Waals surface area contributed by atoms with E-state index < -0.39 is 5.60 Å². The predicted molar refractivity (Wildman–Crippen MR) is 71.0 cm³/mol. The van der Waals surface area contributed by atoms with Gasteiger partial charge in [-0.3, -0.25) is 4.79 Å². The quantitative estimate of drug-likeness (QED) is 0.857. The highest BCUT2D eigenvalue weighted by atomic mass is 16.3. The lowest BCUT2D eigenvalue weighted by molar-refractivity contribution is -0.126. The SMILES string of the molecule is C[C@](O)(CNC(=O)C1CCCC1)c1ccccc1. The molecule has 0 radical (unpaired) electrons. The Hall–Kier alpha value is -1.35. The van der Waals surface area contributed by atoms with Crippen LogP contribution in [0.15, 0.2) is 30.3 Å². The van der Waals surface area contributed by atoms with Crippen molar-refractivity contribution >= 4 is 5.91 Å². The zero-order chi connectivity index (χ0) is 13.0. The smallest absolute Gasteiger partial charge is 0.223 e. The maximum absolute atomic E-state index is 11.9. The second kappa shape index (κ2) is 5.53. The molecule has 0 aromatic heterocycles. The molecule has 0 aliphatic heterocycles. The van der Waals surface area contributed by atoms with Crippen LogP contribution in [0.25, 0.3) is 0 Å². The summed E-state index contributed by atoms with van der Waals surface area (Å²) in [7, 11) is 0. The van der Waals surface area contributed by atoms with Gasteiger partial charge in [0.2, 0.25) is 5.91 Å². The molecule has 2 rings (SSSR count). The van der Waals surface area contributed by atoms with E-state index in [0.29, 0.717) is 0 Å². The van der Waals surface area contributed by atoms with E-state index in [4.69, 9.17) is 0 Å². The molecule has 0 bridgehead atoms. The third kappa shape index (κ3) is 3.10. The molecule has 0 heterocycles. The van der Waals surface area contributed by atoms with Crippen LogP contribution in [0.1, 0.15) is 38.2 Å². The highest BCUT2D eigenvalue weighted by molar-refractivity contribution is 5.78. The normalized spacial score (nSPS) is 19.4.